The van der Waals surface area contributed by atoms with Crippen molar-refractivity contribution in [2.45, 2.75) is 13.2 Å². The van der Waals surface area contributed by atoms with E-state index in [0.717, 1.165) is 16.8 Å². The summed E-state index contributed by atoms with van der Waals surface area (Å²) >= 11 is 0. The van der Waals surface area contributed by atoms with E-state index in [-0.39, 0.29) is 12.0 Å². The number of hydrogen-bond acceptors (Lipinski definition) is 2. The monoisotopic (exact) mass is 316 g/mol. The molecule has 3 nitrogen and oxygen atoms in total. The first-order valence-corrected chi connectivity index (χ1v) is 8.00. The van der Waals surface area contributed by atoms with Crippen LogP contribution in [0.1, 0.15) is 13.2 Å². The SMILES string of the molecule is CC(Oc1ccc(O)cc1)[n+]1c2ccccc2cc2ccccc21. The van der Waals surface area contributed by atoms with Crippen LogP contribution in [0.3, 0.4) is 0 Å². The van der Waals surface area contributed by atoms with Crippen molar-refractivity contribution in [3.05, 3.63) is 78.9 Å². The number of nitrogens with zero attached hydrogens (tertiary/aromatic N) is 1. The number of benzene rings is 3. The lowest BCUT2D eigenvalue weighted by atomic mass is 10.1. The molecule has 3 heteroatoms. The summed E-state index contributed by atoms with van der Waals surface area (Å²) in [6, 6.07) is 25.7. The van der Waals surface area contributed by atoms with E-state index in [9.17, 15) is 5.11 Å². The van der Waals surface area contributed by atoms with Gasteiger partial charge in [0, 0.05) is 29.8 Å². The highest BCUT2D eigenvalue weighted by atomic mass is 16.5. The van der Waals surface area contributed by atoms with Gasteiger partial charge in [-0.05, 0) is 42.5 Å². The molecule has 1 heterocycles. The lowest BCUT2D eigenvalue weighted by Crippen LogP contribution is -2.42. The average molecular weight is 316 g/mol. The predicted molar refractivity (Wildman–Crippen MR) is 95.1 cm³/mol. The van der Waals surface area contributed by atoms with Crippen LogP contribution in [0.5, 0.6) is 11.5 Å². The molecule has 0 spiro atoms. The molecule has 0 aliphatic rings. The Morgan fingerprint density at radius 3 is 1.92 bits per heavy atom. The first-order valence-electron chi connectivity index (χ1n) is 8.00. The zero-order chi connectivity index (χ0) is 16.5. The second-order valence-corrected chi connectivity index (χ2v) is 5.84. The molecule has 0 radical (unpaired) electrons. The predicted octanol–water partition coefficient (Wildman–Crippen LogP) is 4.58. The van der Waals surface area contributed by atoms with E-state index in [0.29, 0.717) is 0 Å². The molecule has 0 bridgehead atoms. The van der Waals surface area contributed by atoms with E-state index in [2.05, 4.69) is 34.9 Å². The molecule has 0 fully saturated rings. The van der Waals surface area contributed by atoms with Gasteiger partial charge in [-0.25, -0.2) is 0 Å². The largest absolute Gasteiger partial charge is 0.508 e. The summed E-state index contributed by atoms with van der Waals surface area (Å²) in [5.41, 5.74) is 2.25. The Morgan fingerprint density at radius 1 is 0.792 bits per heavy atom. The minimum Gasteiger partial charge on any atom is -0.508 e. The molecule has 0 saturated carbocycles. The van der Waals surface area contributed by atoms with Gasteiger partial charge in [-0.2, -0.15) is 4.57 Å². The summed E-state index contributed by atoms with van der Waals surface area (Å²) in [5.74, 6) is 0.961. The minimum atomic E-state index is -0.189. The Hall–Kier alpha value is -3.07. The maximum Gasteiger partial charge on any atom is 0.299 e. The van der Waals surface area contributed by atoms with Gasteiger partial charge in [0.2, 0.25) is 11.0 Å². The van der Waals surface area contributed by atoms with Gasteiger partial charge in [-0.15, -0.1) is 0 Å². The molecule has 4 rings (SSSR count). The average Bonchev–Trinajstić information content (AvgIpc) is 2.61. The first-order chi connectivity index (χ1) is 11.7. The fourth-order valence-corrected chi connectivity index (χ4v) is 3.12. The van der Waals surface area contributed by atoms with Crippen LogP contribution < -0.4 is 9.30 Å². The Labute approximate surface area is 140 Å². The molecular formula is C21H18NO2+. The molecule has 24 heavy (non-hydrogen) atoms. The second-order valence-electron chi connectivity index (χ2n) is 5.84. The van der Waals surface area contributed by atoms with Crippen LogP contribution in [0.2, 0.25) is 0 Å². The van der Waals surface area contributed by atoms with E-state index >= 15 is 0 Å². The number of fused-ring (bicyclic) bond motifs is 2. The van der Waals surface area contributed by atoms with Crippen molar-refractivity contribution in [3.63, 3.8) is 0 Å². The van der Waals surface area contributed by atoms with E-state index in [4.69, 9.17) is 4.74 Å². The smallest absolute Gasteiger partial charge is 0.299 e. The molecule has 4 aromatic rings. The summed E-state index contributed by atoms with van der Waals surface area (Å²) in [7, 11) is 0. The molecule has 0 aliphatic heterocycles. The third-order valence-corrected chi connectivity index (χ3v) is 4.21. The molecule has 0 saturated heterocycles. The van der Waals surface area contributed by atoms with E-state index in [1.807, 2.05) is 31.2 Å². The number of aromatic nitrogens is 1. The third-order valence-electron chi connectivity index (χ3n) is 4.21. The van der Waals surface area contributed by atoms with Crippen LogP contribution in [-0.2, 0) is 0 Å². The fourth-order valence-electron chi connectivity index (χ4n) is 3.12. The Balaban J connectivity index is 1.87. The molecule has 1 aromatic heterocycles. The molecule has 118 valence electrons. The van der Waals surface area contributed by atoms with Crippen molar-refractivity contribution in [2.75, 3.05) is 0 Å². The van der Waals surface area contributed by atoms with Gasteiger partial charge < -0.3 is 9.84 Å². The summed E-state index contributed by atoms with van der Waals surface area (Å²) in [5, 5.41) is 11.8. The van der Waals surface area contributed by atoms with Gasteiger partial charge in [0.25, 0.3) is 6.23 Å². The van der Waals surface area contributed by atoms with Crippen molar-refractivity contribution in [1.29, 1.82) is 0 Å². The number of para-hydroxylation sites is 2. The minimum absolute atomic E-state index is 0.189. The number of pyridine rings is 1. The van der Waals surface area contributed by atoms with Gasteiger partial charge in [0.05, 0.1) is 0 Å². The zero-order valence-electron chi connectivity index (χ0n) is 13.4. The molecular weight excluding hydrogens is 298 g/mol. The third kappa shape index (κ3) is 2.54. The highest BCUT2D eigenvalue weighted by molar-refractivity contribution is 5.88. The highest BCUT2D eigenvalue weighted by Crippen LogP contribution is 2.23. The standard InChI is InChI=1S/C21H17NO2/c1-15(24-19-12-10-18(23)11-13-19)22-20-8-4-2-6-16(20)14-17-7-3-5-9-21(17)22/h2-15H,1H3/p+1. The number of phenols is 1. The van der Waals surface area contributed by atoms with Crippen molar-refractivity contribution in [2.24, 2.45) is 0 Å². The van der Waals surface area contributed by atoms with Gasteiger partial charge in [0.15, 0.2) is 0 Å². The van der Waals surface area contributed by atoms with E-state index < -0.39 is 0 Å². The lowest BCUT2D eigenvalue weighted by Gasteiger charge is -2.14. The highest BCUT2D eigenvalue weighted by Gasteiger charge is 2.22. The topological polar surface area (TPSA) is 33.3 Å². The summed E-state index contributed by atoms with van der Waals surface area (Å²) in [6.07, 6.45) is -0.189. The van der Waals surface area contributed by atoms with Crippen molar-refractivity contribution in [3.8, 4) is 11.5 Å². The molecule has 1 unspecified atom stereocenters. The number of aromatic hydroxyl groups is 1. The number of hydrogen-bond donors (Lipinski definition) is 1. The zero-order valence-corrected chi connectivity index (χ0v) is 13.4. The number of ether oxygens (including phenoxy) is 1. The maximum atomic E-state index is 9.43. The second kappa shape index (κ2) is 5.85. The van der Waals surface area contributed by atoms with Crippen LogP contribution in [0.4, 0.5) is 0 Å². The van der Waals surface area contributed by atoms with Gasteiger partial charge in [0.1, 0.15) is 11.5 Å². The summed E-state index contributed by atoms with van der Waals surface area (Å²) in [6.45, 7) is 2.03. The Kier molecular flexibility index (Phi) is 3.54. The number of rotatable bonds is 3. The number of phenolic OH excluding ortho intramolecular Hbond substituents is 1. The lowest BCUT2D eigenvalue weighted by molar-refractivity contribution is -0.703. The molecule has 1 atom stereocenters. The Morgan fingerprint density at radius 2 is 1.33 bits per heavy atom. The summed E-state index contributed by atoms with van der Waals surface area (Å²) in [4.78, 5) is 0. The van der Waals surface area contributed by atoms with Crippen LogP contribution in [0, 0.1) is 0 Å². The first kappa shape index (κ1) is 14.5. The van der Waals surface area contributed by atoms with Gasteiger partial charge >= 0.3 is 0 Å². The maximum absolute atomic E-state index is 9.43. The normalized spacial score (nSPS) is 12.4. The van der Waals surface area contributed by atoms with Crippen LogP contribution in [0.15, 0.2) is 78.9 Å². The quantitative estimate of drug-likeness (QED) is 0.443. The van der Waals surface area contributed by atoms with Crippen LogP contribution in [0.25, 0.3) is 21.8 Å². The van der Waals surface area contributed by atoms with Gasteiger partial charge in [-0.3, -0.25) is 0 Å². The van der Waals surface area contributed by atoms with Crippen molar-refractivity contribution in [1.82, 2.24) is 0 Å². The van der Waals surface area contributed by atoms with Crippen LogP contribution in [-0.4, -0.2) is 5.11 Å². The fraction of sp³-hybridized carbons (Fsp3) is 0.0952. The van der Waals surface area contributed by atoms with E-state index in [1.54, 1.807) is 24.3 Å². The molecule has 0 amide bonds. The molecule has 1 N–H and O–H groups in total. The molecule has 0 aliphatic carbocycles. The van der Waals surface area contributed by atoms with Gasteiger partial charge in [-0.1, -0.05) is 24.3 Å². The summed E-state index contributed by atoms with van der Waals surface area (Å²) < 4.78 is 8.33. The van der Waals surface area contributed by atoms with E-state index in [1.165, 1.54) is 10.8 Å². The molecule has 3 aromatic carbocycles. The van der Waals surface area contributed by atoms with Crippen molar-refractivity contribution >= 4 is 21.8 Å². The Bertz CT molecular complexity index is 955. The van der Waals surface area contributed by atoms with Crippen molar-refractivity contribution < 1.29 is 14.4 Å². The van der Waals surface area contributed by atoms with Crippen LogP contribution >= 0.6 is 0 Å².